The van der Waals surface area contributed by atoms with Crippen LogP contribution in [-0.2, 0) is 12.8 Å². The highest BCUT2D eigenvalue weighted by molar-refractivity contribution is 5.31. The van der Waals surface area contributed by atoms with Crippen LogP contribution in [-0.4, -0.2) is 11.6 Å². The van der Waals surface area contributed by atoms with Crippen molar-refractivity contribution in [2.45, 2.75) is 44.2 Å². The summed E-state index contributed by atoms with van der Waals surface area (Å²) < 4.78 is 2.23. The lowest BCUT2D eigenvalue weighted by Crippen LogP contribution is -2.38. The lowest BCUT2D eigenvalue weighted by Gasteiger charge is -2.09. The second kappa shape index (κ2) is 5.58. The lowest BCUT2D eigenvalue weighted by molar-refractivity contribution is -0.604. The van der Waals surface area contributed by atoms with Crippen molar-refractivity contribution >= 4 is 0 Å². The van der Waals surface area contributed by atoms with Crippen LogP contribution >= 0.6 is 0 Å². The van der Waals surface area contributed by atoms with E-state index in [0.717, 1.165) is 25.7 Å². The van der Waals surface area contributed by atoms with Crippen LogP contribution in [0.15, 0.2) is 48.7 Å². The van der Waals surface area contributed by atoms with Crippen molar-refractivity contribution in [2.75, 3.05) is 0 Å². The van der Waals surface area contributed by atoms with Crippen LogP contribution in [0, 0.1) is 0 Å². The molecule has 3 heteroatoms. The maximum atomic E-state index is 6.24. The van der Waals surface area contributed by atoms with Crippen molar-refractivity contribution in [1.82, 2.24) is 0 Å². The average Bonchev–Trinajstić information content (AvgIpc) is 3.16. The molecule has 1 unspecified atom stereocenters. The number of hydrogen-bond acceptors (Lipinski definition) is 2. The predicted octanol–water partition coefficient (Wildman–Crippen LogP) is 1.89. The minimum Gasteiger partial charge on any atom is -0.327 e. The summed E-state index contributed by atoms with van der Waals surface area (Å²) >= 11 is 0. The van der Waals surface area contributed by atoms with E-state index in [9.17, 15) is 0 Å². The average molecular weight is 282 g/mol. The number of rotatable bonds is 5. The Labute approximate surface area is 126 Å². The molecule has 4 N–H and O–H groups in total. The summed E-state index contributed by atoms with van der Waals surface area (Å²) in [6, 6.07) is 15.1. The molecule has 1 heterocycles. The molecule has 0 bridgehead atoms. The predicted molar refractivity (Wildman–Crippen MR) is 85.2 cm³/mol. The maximum Gasteiger partial charge on any atom is 0.211 e. The van der Waals surface area contributed by atoms with E-state index in [1.54, 1.807) is 0 Å². The van der Waals surface area contributed by atoms with Crippen molar-refractivity contribution in [2.24, 2.45) is 11.5 Å². The smallest absolute Gasteiger partial charge is 0.211 e. The Bertz CT molecular complexity index is 630. The Morgan fingerprint density at radius 1 is 1.19 bits per heavy atom. The molecule has 0 amide bonds. The third-order valence-electron chi connectivity index (χ3n) is 4.11. The van der Waals surface area contributed by atoms with Crippen LogP contribution in [0.2, 0.25) is 0 Å². The van der Waals surface area contributed by atoms with E-state index >= 15 is 0 Å². The monoisotopic (exact) mass is 282 g/mol. The van der Waals surface area contributed by atoms with Crippen molar-refractivity contribution in [1.29, 1.82) is 0 Å². The standard InChI is InChI=1S/C18H24N3/c1-14(19)11-16-6-2-3-10-21(16)17-7-4-5-15(12-17)13-18(20)8-9-18/h2-7,10,12,14H,8-9,11,13,19-20H2,1H3/q+1. The van der Waals surface area contributed by atoms with Gasteiger partial charge in [-0.2, -0.15) is 4.57 Å². The van der Waals surface area contributed by atoms with Gasteiger partial charge in [-0.25, -0.2) is 0 Å². The van der Waals surface area contributed by atoms with Gasteiger partial charge >= 0.3 is 0 Å². The minimum absolute atomic E-state index is 0.0502. The molecule has 1 atom stereocenters. The summed E-state index contributed by atoms with van der Waals surface area (Å²) in [4.78, 5) is 0. The van der Waals surface area contributed by atoms with Gasteiger partial charge < -0.3 is 11.5 Å². The van der Waals surface area contributed by atoms with Gasteiger partial charge in [-0.05, 0) is 31.7 Å². The number of aromatic nitrogens is 1. The van der Waals surface area contributed by atoms with E-state index in [-0.39, 0.29) is 11.6 Å². The molecule has 1 aliphatic carbocycles. The zero-order valence-corrected chi connectivity index (χ0v) is 12.6. The summed E-state index contributed by atoms with van der Waals surface area (Å²) in [5, 5.41) is 0. The van der Waals surface area contributed by atoms with Gasteiger partial charge in [0.1, 0.15) is 0 Å². The normalized spacial score (nSPS) is 17.5. The van der Waals surface area contributed by atoms with Gasteiger partial charge in [0.2, 0.25) is 5.69 Å². The molecular weight excluding hydrogens is 258 g/mol. The summed E-state index contributed by atoms with van der Waals surface area (Å²) in [6.45, 7) is 2.04. The molecule has 1 saturated carbocycles. The van der Waals surface area contributed by atoms with E-state index in [1.807, 2.05) is 6.92 Å². The molecule has 1 fully saturated rings. The third kappa shape index (κ3) is 3.49. The van der Waals surface area contributed by atoms with Crippen molar-refractivity contribution in [3.05, 3.63) is 59.9 Å². The number of pyridine rings is 1. The van der Waals surface area contributed by atoms with E-state index < -0.39 is 0 Å². The Morgan fingerprint density at radius 2 is 2.00 bits per heavy atom. The Hall–Kier alpha value is -1.71. The first kappa shape index (κ1) is 14.2. The molecule has 1 aliphatic rings. The maximum absolute atomic E-state index is 6.24. The number of benzene rings is 1. The summed E-state index contributed by atoms with van der Waals surface area (Å²) in [6.07, 6.45) is 6.23. The Kier molecular flexibility index (Phi) is 3.79. The first-order chi connectivity index (χ1) is 10.1. The zero-order valence-electron chi connectivity index (χ0n) is 12.6. The van der Waals surface area contributed by atoms with E-state index in [4.69, 9.17) is 11.5 Å². The second-order valence-electron chi connectivity index (χ2n) is 6.45. The molecular formula is C18H24N3+. The van der Waals surface area contributed by atoms with Crippen LogP contribution in [0.4, 0.5) is 0 Å². The molecule has 0 radical (unpaired) electrons. The molecule has 2 aromatic rings. The first-order valence-corrected chi connectivity index (χ1v) is 7.69. The van der Waals surface area contributed by atoms with Crippen LogP contribution in [0.3, 0.4) is 0 Å². The summed E-state index contributed by atoms with van der Waals surface area (Å²) in [5.41, 5.74) is 16.0. The Morgan fingerprint density at radius 3 is 2.71 bits per heavy atom. The first-order valence-electron chi connectivity index (χ1n) is 7.69. The van der Waals surface area contributed by atoms with Crippen molar-refractivity contribution in [3.8, 4) is 5.69 Å². The van der Waals surface area contributed by atoms with Gasteiger partial charge in [-0.3, -0.25) is 0 Å². The highest BCUT2D eigenvalue weighted by Gasteiger charge is 2.38. The molecule has 1 aromatic heterocycles. The fourth-order valence-electron chi connectivity index (χ4n) is 2.79. The molecule has 3 rings (SSSR count). The van der Waals surface area contributed by atoms with E-state index in [1.165, 1.54) is 16.9 Å². The Balaban J connectivity index is 1.91. The molecule has 1 aromatic carbocycles. The van der Waals surface area contributed by atoms with Crippen LogP contribution in [0.5, 0.6) is 0 Å². The highest BCUT2D eigenvalue weighted by atomic mass is 15.0. The van der Waals surface area contributed by atoms with Crippen LogP contribution in [0.1, 0.15) is 31.0 Å². The van der Waals surface area contributed by atoms with Gasteiger partial charge in [-0.1, -0.05) is 18.2 Å². The number of hydrogen-bond donors (Lipinski definition) is 2. The van der Waals surface area contributed by atoms with Gasteiger partial charge in [-0.15, -0.1) is 0 Å². The molecule has 3 nitrogen and oxygen atoms in total. The topological polar surface area (TPSA) is 55.9 Å². The highest BCUT2D eigenvalue weighted by Crippen LogP contribution is 2.35. The van der Waals surface area contributed by atoms with Crippen LogP contribution in [0.25, 0.3) is 5.69 Å². The van der Waals surface area contributed by atoms with E-state index in [2.05, 4.69) is 53.2 Å². The minimum atomic E-state index is 0.0502. The van der Waals surface area contributed by atoms with Crippen molar-refractivity contribution in [3.63, 3.8) is 0 Å². The largest absolute Gasteiger partial charge is 0.327 e. The fourth-order valence-corrected chi connectivity index (χ4v) is 2.79. The van der Waals surface area contributed by atoms with Crippen LogP contribution < -0.4 is 16.0 Å². The molecule has 0 aliphatic heterocycles. The second-order valence-corrected chi connectivity index (χ2v) is 6.45. The number of nitrogens with zero attached hydrogens (tertiary/aromatic N) is 1. The summed E-state index contributed by atoms with van der Waals surface area (Å²) in [7, 11) is 0. The number of nitrogens with two attached hydrogens (primary N) is 2. The zero-order chi connectivity index (χ0) is 14.9. The molecule has 0 saturated heterocycles. The fraction of sp³-hybridized carbons (Fsp3) is 0.389. The van der Waals surface area contributed by atoms with E-state index in [0.29, 0.717) is 0 Å². The van der Waals surface area contributed by atoms with Gasteiger partial charge in [0.15, 0.2) is 11.9 Å². The molecule has 110 valence electrons. The molecule has 0 spiro atoms. The quantitative estimate of drug-likeness (QED) is 0.823. The SMILES string of the molecule is CC(N)Cc1cccc[n+]1-c1cccc(CC2(N)CC2)c1. The summed E-state index contributed by atoms with van der Waals surface area (Å²) in [5.74, 6) is 0. The third-order valence-corrected chi connectivity index (χ3v) is 4.11. The van der Waals surface area contributed by atoms with Gasteiger partial charge in [0.25, 0.3) is 0 Å². The van der Waals surface area contributed by atoms with Crippen molar-refractivity contribution < 1.29 is 4.57 Å². The van der Waals surface area contributed by atoms with Gasteiger partial charge in [0.05, 0.1) is 0 Å². The lowest BCUT2D eigenvalue weighted by atomic mass is 10.0. The van der Waals surface area contributed by atoms with Gasteiger partial charge in [0, 0.05) is 42.3 Å². The molecule has 21 heavy (non-hydrogen) atoms.